The first kappa shape index (κ1) is 25.7. The number of ether oxygens (including phenoxy) is 1. The molecule has 3 rings (SSSR count). The van der Waals surface area contributed by atoms with E-state index >= 15 is 0 Å². The Kier molecular flexibility index (Phi) is 9.88. The minimum atomic E-state index is -0.557. The van der Waals surface area contributed by atoms with Crippen molar-refractivity contribution in [1.82, 2.24) is 0 Å². The Morgan fingerprint density at radius 2 is 1.44 bits per heavy atom. The lowest BCUT2D eigenvalue weighted by molar-refractivity contribution is 0.0728. The standard InChI is InChI=1S/C31H37FO2/c1-4-6-7-8-9-10-24-11-14-26(15-12-24)27-16-18-28(19-17-27)31(33)34-30-20-13-25(22-29(30)32)21-23(3)5-2/h11-20,22-23H,4-10,21H2,1-3H3/t23-/m0/s1. The number of rotatable bonds is 12. The van der Waals surface area contributed by atoms with Gasteiger partial charge in [0.05, 0.1) is 5.56 Å². The third-order valence-electron chi connectivity index (χ3n) is 6.46. The normalized spacial score (nSPS) is 11.9. The molecule has 0 radical (unpaired) electrons. The van der Waals surface area contributed by atoms with Crippen LogP contribution in [0.1, 0.15) is 80.8 Å². The van der Waals surface area contributed by atoms with Crippen LogP contribution in [-0.2, 0) is 12.8 Å². The zero-order valence-electron chi connectivity index (χ0n) is 20.8. The first-order chi connectivity index (χ1) is 16.5. The van der Waals surface area contributed by atoms with Gasteiger partial charge in [-0.3, -0.25) is 0 Å². The second-order valence-electron chi connectivity index (χ2n) is 9.31. The average Bonchev–Trinajstić information content (AvgIpc) is 2.86. The summed E-state index contributed by atoms with van der Waals surface area (Å²) in [6, 6.07) is 20.7. The van der Waals surface area contributed by atoms with Crippen LogP contribution in [0.2, 0.25) is 0 Å². The SMILES string of the molecule is CCCCCCCc1ccc(-c2ccc(C(=O)Oc3ccc(C[C@@H](C)CC)cc3F)cc2)cc1. The molecule has 3 heteroatoms. The average molecular weight is 461 g/mol. The van der Waals surface area contributed by atoms with Gasteiger partial charge in [-0.05, 0) is 71.7 Å². The molecule has 0 spiro atoms. The summed E-state index contributed by atoms with van der Waals surface area (Å²) in [6.07, 6.45) is 9.40. The zero-order valence-corrected chi connectivity index (χ0v) is 20.8. The number of hydrogen-bond donors (Lipinski definition) is 0. The third kappa shape index (κ3) is 7.55. The summed E-state index contributed by atoms with van der Waals surface area (Å²) >= 11 is 0. The van der Waals surface area contributed by atoms with Gasteiger partial charge in [-0.15, -0.1) is 0 Å². The second-order valence-corrected chi connectivity index (χ2v) is 9.31. The Hall–Kier alpha value is -2.94. The van der Waals surface area contributed by atoms with Crippen molar-refractivity contribution in [2.75, 3.05) is 0 Å². The monoisotopic (exact) mass is 460 g/mol. The molecule has 0 aliphatic rings. The van der Waals surface area contributed by atoms with E-state index in [0.29, 0.717) is 11.5 Å². The molecular formula is C31H37FO2. The van der Waals surface area contributed by atoms with Crippen molar-refractivity contribution < 1.29 is 13.9 Å². The molecule has 0 unspecified atom stereocenters. The van der Waals surface area contributed by atoms with E-state index in [-0.39, 0.29) is 5.75 Å². The van der Waals surface area contributed by atoms with E-state index in [1.807, 2.05) is 18.2 Å². The van der Waals surface area contributed by atoms with E-state index in [9.17, 15) is 9.18 Å². The number of hydrogen-bond acceptors (Lipinski definition) is 2. The summed E-state index contributed by atoms with van der Waals surface area (Å²) in [5.74, 6) is -0.611. The molecule has 3 aromatic carbocycles. The van der Waals surface area contributed by atoms with E-state index in [4.69, 9.17) is 4.74 Å². The molecule has 0 aliphatic carbocycles. The van der Waals surface area contributed by atoms with Gasteiger partial charge in [0.1, 0.15) is 0 Å². The van der Waals surface area contributed by atoms with Gasteiger partial charge in [0.15, 0.2) is 11.6 Å². The Labute approximate surface area is 204 Å². The zero-order chi connectivity index (χ0) is 24.3. The number of carbonyl (C=O) groups is 1. The van der Waals surface area contributed by atoms with E-state index < -0.39 is 11.8 Å². The molecule has 34 heavy (non-hydrogen) atoms. The predicted molar refractivity (Wildman–Crippen MR) is 139 cm³/mol. The molecule has 0 saturated carbocycles. The van der Waals surface area contributed by atoms with Crippen molar-refractivity contribution in [2.24, 2.45) is 5.92 Å². The molecule has 180 valence electrons. The molecule has 1 atom stereocenters. The van der Waals surface area contributed by atoms with Crippen molar-refractivity contribution in [3.63, 3.8) is 0 Å². The fourth-order valence-corrected chi connectivity index (χ4v) is 4.05. The molecule has 0 amide bonds. The fraction of sp³-hybridized carbons (Fsp3) is 0.387. The molecule has 0 aliphatic heterocycles. The van der Waals surface area contributed by atoms with E-state index in [2.05, 4.69) is 45.0 Å². The van der Waals surface area contributed by atoms with Gasteiger partial charge in [0.2, 0.25) is 0 Å². The summed E-state index contributed by atoms with van der Waals surface area (Å²) in [6.45, 7) is 6.49. The van der Waals surface area contributed by atoms with Crippen LogP contribution in [-0.4, -0.2) is 5.97 Å². The van der Waals surface area contributed by atoms with Crippen molar-refractivity contribution in [2.45, 2.75) is 72.1 Å². The number of aryl methyl sites for hydroxylation is 1. The van der Waals surface area contributed by atoms with Gasteiger partial charge < -0.3 is 4.74 Å². The highest BCUT2D eigenvalue weighted by Crippen LogP contribution is 2.24. The number of carbonyl (C=O) groups excluding carboxylic acids is 1. The third-order valence-corrected chi connectivity index (χ3v) is 6.46. The topological polar surface area (TPSA) is 26.3 Å². The van der Waals surface area contributed by atoms with E-state index in [0.717, 1.165) is 36.0 Å². The van der Waals surface area contributed by atoms with Gasteiger partial charge in [-0.25, -0.2) is 9.18 Å². The summed E-state index contributed by atoms with van der Waals surface area (Å²) in [5.41, 5.74) is 4.82. The van der Waals surface area contributed by atoms with Crippen LogP contribution >= 0.6 is 0 Å². The summed E-state index contributed by atoms with van der Waals surface area (Å²) in [5, 5.41) is 0. The smallest absolute Gasteiger partial charge is 0.343 e. The molecule has 0 fully saturated rings. The van der Waals surface area contributed by atoms with Crippen molar-refractivity contribution in [3.05, 3.63) is 89.2 Å². The van der Waals surface area contributed by atoms with E-state index in [1.54, 1.807) is 18.2 Å². The lowest BCUT2D eigenvalue weighted by Gasteiger charge is -2.11. The lowest BCUT2D eigenvalue weighted by atomic mass is 9.99. The van der Waals surface area contributed by atoms with Crippen LogP contribution < -0.4 is 4.74 Å². The Bertz CT molecular complexity index is 1040. The molecule has 0 bridgehead atoms. The molecule has 0 aromatic heterocycles. The molecular weight excluding hydrogens is 423 g/mol. The maximum Gasteiger partial charge on any atom is 0.343 e. The van der Waals surface area contributed by atoms with Crippen molar-refractivity contribution in [1.29, 1.82) is 0 Å². The van der Waals surface area contributed by atoms with Crippen LogP contribution in [0.25, 0.3) is 11.1 Å². The summed E-state index contributed by atoms with van der Waals surface area (Å²) in [7, 11) is 0. The van der Waals surface area contributed by atoms with Gasteiger partial charge in [-0.2, -0.15) is 0 Å². The van der Waals surface area contributed by atoms with Crippen LogP contribution in [0, 0.1) is 11.7 Å². The second kappa shape index (κ2) is 13.1. The van der Waals surface area contributed by atoms with Gasteiger partial charge in [0, 0.05) is 0 Å². The quantitative estimate of drug-likeness (QED) is 0.153. The maximum atomic E-state index is 14.5. The van der Waals surface area contributed by atoms with Crippen LogP contribution in [0.15, 0.2) is 66.7 Å². The Balaban J connectivity index is 1.57. The molecule has 2 nitrogen and oxygen atoms in total. The first-order valence-electron chi connectivity index (χ1n) is 12.7. The van der Waals surface area contributed by atoms with Crippen LogP contribution in [0.4, 0.5) is 4.39 Å². The summed E-state index contributed by atoms with van der Waals surface area (Å²) in [4.78, 5) is 12.5. The minimum Gasteiger partial charge on any atom is -0.420 e. The highest BCUT2D eigenvalue weighted by Gasteiger charge is 2.13. The Morgan fingerprint density at radius 1 is 0.824 bits per heavy atom. The number of benzene rings is 3. The largest absolute Gasteiger partial charge is 0.420 e. The highest BCUT2D eigenvalue weighted by atomic mass is 19.1. The summed E-state index contributed by atoms with van der Waals surface area (Å²) < 4.78 is 19.8. The molecule has 3 aromatic rings. The minimum absolute atomic E-state index is 0.0349. The lowest BCUT2D eigenvalue weighted by Crippen LogP contribution is -2.09. The highest BCUT2D eigenvalue weighted by molar-refractivity contribution is 5.91. The fourth-order valence-electron chi connectivity index (χ4n) is 4.05. The molecule has 0 heterocycles. The van der Waals surface area contributed by atoms with Gasteiger partial charge >= 0.3 is 5.97 Å². The van der Waals surface area contributed by atoms with Crippen molar-refractivity contribution >= 4 is 5.97 Å². The predicted octanol–water partition coefficient (Wildman–Crippen LogP) is 8.81. The molecule has 0 saturated heterocycles. The Morgan fingerprint density at radius 3 is 2.06 bits per heavy atom. The van der Waals surface area contributed by atoms with Gasteiger partial charge in [-0.1, -0.05) is 95.3 Å². The molecule has 0 N–H and O–H groups in total. The number of halogens is 1. The van der Waals surface area contributed by atoms with Crippen molar-refractivity contribution in [3.8, 4) is 16.9 Å². The maximum absolute atomic E-state index is 14.5. The van der Waals surface area contributed by atoms with Crippen LogP contribution in [0.3, 0.4) is 0 Å². The first-order valence-corrected chi connectivity index (χ1v) is 12.7. The van der Waals surface area contributed by atoms with E-state index in [1.165, 1.54) is 43.7 Å². The van der Waals surface area contributed by atoms with Gasteiger partial charge in [0.25, 0.3) is 0 Å². The number of unbranched alkanes of at least 4 members (excludes halogenated alkanes) is 4. The van der Waals surface area contributed by atoms with Crippen LogP contribution in [0.5, 0.6) is 5.75 Å². The number of esters is 1.